The molecule has 1 aromatic carbocycles. The van der Waals surface area contributed by atoms with Crippen molar-refractivity contribution in [2.75, 3.05) is 7.11 Å². The van der Waals surface area contributed by atoms with Crippen molar-refractivity contribution < 1.29 is 18.7 Å². The first kappa shape index (κ1) is 15.6. The molecule has 0 bridgehead atoms. The molecule has 1 N–H and O–H groups in total. The van der Waals surface area contributed by atoms with Crippen LogP contribution in [0.2, 0.25) is 0 Å². The Morgan fingerprint density at radius 3 is 2.47 bits per heavy atom. The molecule has 0 heterocycles. The highest BCUT2D eigenvalue weighted by Gasteiger charge is 2.26. The van der Waals surface area contributed by atoms with Gasteiger partial charge in [-0.2, -0.15) is 0 Å². The number of hydrogen-bond acceptors (Lipinski definition) is 3. The lowest BCUT2D eigenvalue weighted by atomic mass is 10.0. The van der Waals surface area contributed by atoms with E-state index in [9.17, 15) is 14.0 Å². The third-order valence-corrected chi connectivity index (χ3v) is 3.08. The minimum atomic E-state index is -0.805. The van der Waals surface area contributed by atoms with Gasteiger partial charge >= 0.3 is 5.97 Å². The summed E-state index contributed by atoms with van der Waals surface area (Å²) >= 11 is 3.11. The van der Waals surface area contributed by atoms with Gasteiger partial charge in [-0.1, -0.05) is 29.8 Å². The first-order chi connectivity index (χ1) is 8.86. The van der Waals surface area contributed by atoms with Crippen LogP contribution in [0.5, 0.6) is 0 Å². The lowest BCUT2D eigenvalue weighted by Crippen LogP contribution is -2.45. The molecule has 0 aromatic heterocycles. The molecular formula is C13H15BrFNO3. The first-order valence-electron chi connectivity index (χ1n) is 5.70. The maximum Gasteiger partial charge on any atom is 0.328 e. The van der Waals surface area contributed by atoms with Gasteiger partial charge in [0.05, 0.1) is 12.7 Å². The molecule has 0 spiro atoms. The molecule has 4 nitrogen and oxygen atoms in total. The van der Waals surface area contributed by atoms with Crippen LogP contribution < -0.4 is 5.32 Å². The van der Waals surface area contributed by atoms with Crippen LogP contribution in [-0.2, 0) is 9.53 Å². The topological polar surface area (TPSA) is 55.4 Å². The van der Waals surface area contributed by atoms with Crippen molar-refractivity contribution in [2.45, 2.75) is 19.9 Å². The van der Waals surface area contributed by atoms with Crippen LogP contribution >= 0.6 is 15.9 Å². The number of methoxy groups -OCH3 is 1. The maximum atomic E-state index is 13.6. The van der Waals surface area contributed by atoms with E-state index in [1.807, 2.05) is 0 Å². The van der Waals surface area contributed by atoms with E-state index in [0.717, 1.165) is 0 Å². The Balaban J connectivity index is 2.91. The molecule has 19 heavy (non-hydrogen) atoms. The van der Waals surface area contributed by atoms with Gasteiger partial charge in [0.15, 0.2) is 0 Å². The lowest BCUT2D eigenvalue weighted by molar-refractivity contribution is -0.144. The van der Waals surface area contributed by atoms with Crippen molar-refractivity contribution >= 4 is 27.8 Å². The molecule has 1 amide bonds. The van der Waals surface area contributed by atoms with Crippen LogP contribution in [0.25, 0.3) is 0 Å². The summed E-state index contributed by atoms with van der Waals surface area (Å²) in [4.78, 5) is 23.5. The predicted octanol–water partition coefficient (Wildman–Crippen LogP) is 2.52. The van der Waals surface area contributed by atoms with Crippen molar-refractivity contribution in [1.29, 1.82) is 0 Å². The molecule has 0 saturated carbocycles. The molecule has 0 aliphatic carbocycles. The van der Waals surface area contributed by atoms with Gasteiger partial charge in [0, 0.05) is 4.47 Å². The van der Waals surface area contributed by atoms with Gasteiger partial charge in [0.25, 0.3) is 5.91 Å². The number of rotatable bonds is 4. The number of ether oxygens (including phenoxy) is 1. The van der Waals surface area contributed by atoms with Gasteiger partial charge < -0.3 is 10.1 Å². The van der Waals surface area contributed by atoms with Crippen molar-refractivity contribution in [2.24, 2.45) is 5.92 Å². The van der Waals surface area contributed by atoms with Crippen LogP contribution in [0.4, 0.5) is 4.39 Å². The van der Waals surface area contributed by atoms with Gasteiger partial charge in [0.2, 0.25) is 0 Å². The highest BCUT2D eigenvalue weighted by atomic mass is 79.9. The summed E-state index contributed by atoms with van der Waals surface area (Å²) in [6, 6.07) is 3.29. The smallest absolute Gasteiger partial charge is 0.328 e. The van der Waals surface area contributed by atoms with Gasteiger partial charge in [0.1, 0.15) is 11.9 Å². The molecule has 0 fully saturated rings. The SMILES string of the molecule is COC(=O)C(NC(=O)c1ccc(Br)cc1F)C(C)C. The Morgan fingerprint density at radius 2 is 2.00 bits per heavy atom. The van der Waals surface area contributed by atoms with Crippen LogP contribution in [0.15, 0.2) is 22.7 Å². The summed E-state index contributed by atoms with van der Waals surface area (Å²) in [6.07, 6.45) is 0. The predicted molar refractivity (Wildman–Crippen MR) is 72.2 cm³/mol. The highest BCUT2D eigenvalue weighted by molar-refractivity contribution is 9.10. The number of carbonyl (C=O) groups is 2. The van der Waals surface area contributed by atoms with Crippen molar-refractivity contribution in [3.8, 4) is 0 Å². The second kappa shape index (κ2) is 6.65. The number of amides is 1. The Labute approximate surface area is 119 Å². The summed E-state index contributed by atoms with van der Waals surface area (Å²) in [5, 5.41) is 2.47. The van der Waals surface area contributed by atoms with E-state index < -0.39 is 23.7 Å². The zero-order chi connectivity index (χ0) is 14.6. The van der Waals surface area contributed by atoms with Gasteiger partial charge in [-0.3, -0.25) is 4.79 Å². The fraction of sp³-hybridized carbons (Fsp3) is 0.385. The number of hydrogen-bond donors (Lipinski definition) is 1. The van der Waals surface area contributed by atoms with Gasteiger partial charge in [-0.15, -0.1) is 0 Å². The number of nitrogens with one attached hydrogen (secondary N) is 1. The second-order valence-corrected chi connectivity index (χ2v) is 5.26. The first-order valence-corrected chi connectivity index (χ1v) is 6.50. The highest BCUT2D eigenvalue weighted by Crippen LogP contribution is 2.16. The molecule has 0 aliphatic heterocycles. The van der Waals surface area contributed by atoms with E-state index in [1.165, 1.54) is 19.2 Å². The average Bonchev–Trinajstić information content (AvgIpc) is 2.34. The van der Waals surface area contributed by atoms with E-state index in [1.54, 1.807) is 19.9 Å². The summed E-state index contributed by atoms with van der Waals surface area (Å²) in [5.74, 6) is -2.01. The fourth-order valence-corrected chi connectivity index (χ4v) is 1.85. The second-order valence-electron chi connectivity index (χ2n) is 4.34. The van der Waals surface area contributed by atoms with Crippen LogP contribution in [0, 0.1) is 11.7 Å². The van der Waals surface area contributed by atoms with Gasteiger partial charge in [-0.25, -0.2) is 9.18 Å². The largest absolute Gasteiger partial charge is 0.467 e. The molecule has 1 aromatic rings. The third kappa shape index (κ3) is 4.02. The standard InChI is InChI=1S/C13H15BrFNO3/c1-7(2)11(13(18)19-3)16-12(17)9-5-4-8(14)6-10(9)15/h4-7,11H,1-3H3,(H,16,17). The monoisotopic (exact) mass is 331 g/mol. The Morgan fingerprint density at radius 1 is 1.37 bits per heavy atom. The lowest BCUT2D eigenvalue weighted by Gasteiger charge is -2.19. The van der Waals surface area contributed by atoms with Gasteiger partial charge in [-0.05, 0) is 24.1 Å². The Kier molecular flexibility index (Phi) is 5.47. The van der Waals surface area contributed by atoms with Crippen molar-refractivity contribution in [1.82, 2.24) is 5.32 Å². The third-order valence-electron chi connectivity index (χ3n) is 2.58. The summed E-state index contributed by atoms with van der Waals surface area (Å²) in [6.45, 7) is 3.53. The molecule has 104 valence electrons. The number of carbonyl (C=O) groups excluding carboxylic acids is 2. The van der Waals surface area contributed by atoms with Crippen molar-refractivity contribution in [3.05, 3.63) is 34.1 Å². The molecule has 1 unspecified atom stereocenters. The number of benzene rings is 1. The molecule has 0 radical (unpaired) electrons. The quantitative estimate of drug-likeness (QED) is 0.862. The maximum absolute atomic E-state index is 13.6. The Bertz CT molecular complexity index is 491. The Hall–Kier alpha value is -1.43. The zero-order valence-electron chi connectivity index (χ0n) is 10.9. The summed E-state index contributed by atoms with van der Waals surface area (Å²) in [7, 11) is 1.24. The average molecular weight is 332 g/mol. The number of esters is 1. The molecule has 0 saturated heterocycles. The van der Waals surface area contributed by atoms with E-state index in [4.69, 9.17) is 0 Å². The van der Waals surface area contributed by atoms with Crippen molar-refractivity contribution in [3.63, 3.8) is 0 Å². The summed E-state index contributed by atoms with van der Waals surface area (Å²) in [5.41, 5.74) is -0.113. The van der Waals surface area contributed by atoms with E-state index >= 15 is 0 Å². The number of halogens is 2. The van der Waals surface area contributed by atoms with E-state index in [0.29, 0.717) is 4.47 Å². The molecule has 1 atom stereocenters. The fourth-order valence-electron chi connectivity index (χ4n) is 1.52. The minimum Gasteiger partial charge on any atom is -0.467 e. The summed E-state index contributed by atoms with van der Waals surface area (Å²) < 4.78 is 18.8. The molecule has 1 rings (SSSR count). The molecule has 6 heteroatoms. The molecule has 0 aliphatic rings. The van der Waals surface area contributed by atoms with E-state index in [2.05, 4.69) is 26.0 Å². The zero-order valence-corrected chi connectivity index (χ0v) is 12.5. The minimum absolute atomic E-state index is 0.113. The van der Waals surface area contributed by atoms with Crippen LogP contribution in [-0.4, -0.2) is 25.0 Å². The van der Waals surface area contributed by atoms with Crippen LogP contribution in [0.3, 0.4) is 0 Å². The van der Waals surface area contributed by atoms with Crippen LogP contribution in [0.1, 0.15) is 24.2 Å². The normalized spacial score (nSPS) is 12.1. The van der Waals surface area contributed by atoms with E-state index in [-0.39, 0.29) is 11.5 Å². The molecular weight excluding hydrogens is 317 g/mol.